The number of ether oxygens (including phenoxy) is 1. The Hall–Kier alpha value is -1.42. The Labute approximate surface area is 94.8 Å². The van der Waals surface area contributed by atoms with Crippen LogP contribution in [0.15, 0.2) is 18.2 Å². The minimum absolute atomic E-state index is 0.0465. The minimum Gasteiger partial charge on any atom is -0.375 e. The molecule has 0 unspecified atom stereocenters. The van der Waals surface area contributed by atoms with E-state index < -0.39 is 0 Å². The van der Waals surface area contributed by atoms with Gasteiger partial charge >= 0.3 is 0 Å². The van der Waals surface area contributed by atoms with Crippen LogP contribution in [0.3, 0.4) is 0 Å². The van der Waals surface area contributed by atoms with Gasteiger partial charge in [0, 0.05) is 20.7 Å². The van der Waals surface area contributed by atoms with Crippen molar-refractivity contribution in [3.63, 3.8) is 0 Å². The summed E-state index contributed by atoms with van der Waals surface area (Å²) in [7, 11) is 3.14. The number of amides is 1. The Bertz CT molecular complexity index is 379. The molecule has 0 aliphatic heterocycles. The molecule has 0 aliphatic rings. The number of carbonyl (C=O) groups is 1. The van der Waals surface area contributed by atoms with Crippen LogP contribution in [0.4, 0.5) is 4.39 Å². The van der Waals surface area contributed by atoms with Gasteiger partial charge in [0.1, 0.15) is 12.4 Å². The summed E-state index contributed by atoms with van der Waals surface area (Å²) in [5.41, 5.74) is 1.38. The van der Waals surface area contributed by atoms with Gasteiger partial charge in [-0.25, -0.2) is 4.39 Å². The molecule has 0 saturated heterocycles. The fourth-order valence-corrected chi connectivity index (χ4v) is 1.33. The van der Waals surface area contributed by atoms with Gasteiger partial charge in [-0.2, -0.15) is 0 Å². The number of nitrogens with zero attached hydrogens (tertiary/aromatic N) is 1. The second-order valence-corrected chi connectivity index (χ2v) is 3.77. The summed E-state index contributed by atoms with van der Waals surface area (Å²) in [6.07, 6.45) is 0. The molecule has 0 aromatic heterocycles. The fourth-order valence-electron chi connectivity index (χ4n) is 1.33. The lowest BCUT2D eigenvalue weighted by molar-refractivity contribution is -0.134. The summed E-state index contributed by atoms with van der Waals surface area (Å²) in [6, 6.07) is 4.97. The van der Waals surface area contributed by atoms with E-state index in [9.17, 15) is 9.18 Å². The molecule has 0 atom stereocenters. The first-order valence-electron chi connectivity index (χ1n) is 5.02. The van der Waals surface area contributed by atoms with Crippen molar-refractivity contribution in [1.29, 1.82) is 0 Å². The lowest BCUT2D eigenvalue weighted by atomic mass is 10.1. The lowest BCUT2D eigenvalue weighted by Gasteiger charge is -2.16. The molecule has 3 nitrogen and oxygen atoms in total. The van der Waals surface area contributed by atoms with Crippen molar-refractivity contribution in [3.8, 4) is 0 Å². The Morgan fingerprint density at radius 1 is 1.50 bits per heavy atom. The first-order chi connectivity index (χ1) is 7.54. The van der Waals surface area contributed by atoms with Crippen LogP contribution in [0.1, 0.15) is 11.1 Å². The molecule has 0 radical (unpaired) electrons. The maximum absolute atomic E-state index is 13.3. The van der Waals surface area contributed by atoms with E-state index in [2.05, 4.69) is 0 Å². The summed E-state index contributed by atoms with van der Waals surface area (Å²) in [5.74, 6) is -0.367. The molecule has 0 heterocycles. The van der Waals surface area contributed by atoms with Gasteiger partial charge in [0.15, 0.2) is 0 Å². The van der Waals surface area contributed by atoms with E-state index in [1.54, 1.807) is 20.0 Å². The van der Waals surface area contributed by atoms with Gasteiger partial charge in [0.25, 0.3) is 0 Å². The molecule has 0 fully saturated rings. The predicted molar refractivity (Wildman–Crippen MR) is 59.5 cm³/mol. The molecule has 0 spiro atoms. The van der Waals surface area contributed by atoms with E-state index in [4.69, 9.17) is 4.74 Å². The average molecular weight is 225 g/mol. The highest BCUT2D eigenvalue weighted by Crippen LogP contribution is 2.10. The fraction of sp³-hybridized carbons (Fsp3) is 0.417. The van der Waals surface area contributed by atoms with Crippen LogP contribution in [0, 0.1) is 12.7 Å². The van der Waals surface area contributed by atoms with E-state index >= 15 is 0 Å². The van der Waals surface area contributed by atoms with Crippen molar-refractivity contribution in [2.24, 2.45) is 0 Å². The number of rotatable bonds is 4. The third kappa shape index (κ3) is 3.31. The predicted octanol–water partition coefficient (Wildman–Crippen LogP) is 1.74. The van der Waals surface area contributed by atoms with Gasteiger partial charge < -0.3 is 9.64 Å². The molecule has 0 aliphatic carbocycles. The molecular weight excluding hydrogens is 209 g/mol. The lowest BCUT2D eigenvalue weighted by Crippen LogP contribution is -2.29. The Morgan fingerprint density at radius 3 is 2.75 bits per heavy atom. The van der Waals surface area contributed by atoms with Gasteiger partial charge in [-0.15, -0.1) is 0 Å². The summed E-state index contributed by atoms with van der Waals surface area (Å²) < 4.78 is 18.0. The van der Waals surface area contributed by atoms with Crippen molar-refractivity contribution in [2.45, 2.75) is 13.5 Å². The molecule has 1 rings (SSSR count). The topological polar surface area (TPSA) is 29.5 Å². The number of benzene rings is 1. The smallest absolute Gasteiger partial charge is 0.248 e. The van der Waals surface area contributed by atoms with Crippen LogP contribution in [-0.4, -0.2) is 31.6 Å². The second-order valence-electron chi connectivity index (χ2n) is 3.77. The van der Waals surface area contributed by atoms with Crippen molar-refractivity contribution < 1.29 is 13.9 Å². The number of hydrogen-bond acceptors (Lipinski definition) is 2. The van der Waals surface area contributed by atoms with Crippen molar-refractivity contribution >= 4 is 5.91 Å². The van der Waals surface area contributed by atoms with Crippen molar-refractivity contribution in [3.05, 3.63) is 35.1 Å². The summed E-state index contributed by atoms with van der Waals surface area (Å²) in [4.78, 5) is 12.9. The first kappa shape index (κ1) is 12.6. The Balaban J connectivity index is 2.66. The third-order valence-electron chi connectivity index (χ3n) is 2.35. The minimum atomic E-state index is -0.245. The van der Waals surface area contributed by atoms with Gasteiger partial charge in [0.2, 0.25) is 5.91 Å². The highest BCUT2D eigenvalue weighted by Gasteiger charge is 2.09. The van der Waals surface area contributed by atoms with Crippen LogP contribution in [0.5, 0.6) is 0 Å². The van der Waals surface area contributed by atoms with Crippen LogP contribution in [-0.2, 0) is 16.1 Å². The molecule has 16 heavy (non-hydrogen) atoms. The second kappa shape index (κ2) is 5.61. The molecule has 4 heteroatoms. The molecule has 0 saturated carbocycles. The number of halogens is 1. The number of methoxy groups -OCH3 is 1. The Morgan fingerprint density at radius 2 is 2.19 bits per heavy atom. The van der Waals surface area contributed by atoms with E-state index in [-0.39, 0.29) is 18.3 Å². The molecule has 0 bridgehead atoms. The quantitative estimate of drug-likeness (QED) is 0.781. The van der Waals surface area contributed by atoms with Crippen LogP contribution in [0.25, 0.3) is 0 Å². The van der Waals surface area contributed by atoms with E-state index in [1.165, 1.54) is 18.1 Å². The maximum Gasteiger partial charge on any atom is 0.248 e. The maximum atomic E-state index is 13.3. The number of hydrogen-bond donors (Lipinski definition) is 0. The highest BCUT2D eigenvalue weighted by molar-refractivity contribution is 5.77. The van der Waals surface area contributed by atoms with Crippen molar-refractivity contribution in [1.82, 2.24) is 4.90 Å². The number of carbonyl (C=O) groups excluding carboxylic acids is 1. The average Bonchev–Trinajstić information content (AvgIpc) is 2.24. The monoisotopic (exact) mass is 225 g/mol. The first-order valence-corrected chi connectivity index (χ1v) is 5.02. The zero-order valence-corrected chi connectivity index (χ0v) is 9.79. The molecule has 1 aromatic rings. The van der Waals surface area contributed by atoms with Gasteiger partial charge in [0.05, 0.1) is 0 Å². The third-order valence-corrected chi connectivity index (χ3v) is 2.35. The SMILES string of the molecule is COCC(=O)N(C)Cc1ccc(C)c(F)c1. The largest absolute Gasteiger partial charge is 0.375 e. The number of aryl methyl sites for hydroxylation is 1. The molecule has 88 valence electrons. The van der Waals surface area contributed by atoms with E-state index in [0.717, 1.165) is 5.56 Å². The Kier molecular flexibility index (Phi) is 4.43. The van der Waals surface area contributed by atoms with Crippen LogP contribution >= 0.6 is 0 Å². The van der Waals surface area contributed by atoms with Gasteiger partial charge in [-0.3, -0.25) is 4.79 Å². The zero-order chi connectivity index (χ0) is 12.1. The van der Waals surface area contributed by atoms with Gasteiger partial charge in [-0.05, 0) is 24.1 Å². The molecule has 1 amide bonds. The standard InChI is InChI=1S/C12H16FNO2/c1-9-4-5-10(6-11(9)13)7-14(2)12(15)8-16-3/h4-6H,7-8H2,1-3H3. The van der Waals surface area contributed by atoms with E-state index in [1.807, 2.05) is 6.07 Å². The molecule has 1 aromatic carbocycles. The van der Waals surface area contributed by atoms with Crippen molar-refractivity contribution in [2.75, 3.05) is 20.8 Å². The zero-order valence-electron chi connectivity index (χ0n) is 9.79. The van der Waals surface area contributed by atoms with E-state index in [0.29, 0.717) is 12.1 Å². The van der Waals surface area contributed by atoms with Crippen LogP contribution < -0.4 is 0 Å². The van der Waals surface area contributed by atoms with Crippen LogP contribution in [0.2, 0.25) is 0 Å². The number of likely N-dealkylation sites (N-methyl/N-ethyl adjacent to an activating group) is 1. The summed E-state index contributed by atoms with van der Waals surface area (Å²) in [6.45, 7) is 2.14. The van der Waals surface area contributed by atoms with Gasteiger partial charge in [-0.1, -0.05) is 12.1 Å². The normalized spacial score (nSPS) is 10.2. The highest BCUT2D eigenvalue weighted by atomic mass is 19.1. The summed E-state index contributed by atoms with van der Waals surface area (Å²) in [5, 5.41) is 0. The summed E-state index contributed by atoms with van der Waals surface area (Å²) >= 11 is 0. The molecule has 0 N–H and O–H groups in total. The molecular formula is C12H16FNO2.